The van der Waals surface area contributed by atoms with E-state index < -0.39 is 0 Å². The monoisotopic (exact) mass is 255 g/mol. The summed E-state index contributed by atoms with van der Waals surface area (Å²) in [5.41, 5.74) is 1.39. The minimum Gasteiger partial charge on any atom is -0.486 e. The topological polar surface area (TPSA) is 48.4 Å². The van der Waals surface area contributed by atoms with Gasteiger partial charge in [-0.15, -0.1) is 0 Å². The molecule has 1 aromatic heterocycles. The van der Waals surface area contributed by atoms with Crippen LogP contribution in [0.25, 0.3) is 0 Å². The second kappa shape index (κ2) is 5.10. The lowest BCUT2D eigenvalue weighted by Crippen LogP contribution is -2.16. The van der Waals surface area contributed by atoms with E-state index in [1.807, 2.05) is 18.2 Å². The molecule has 19 heavy (non-hydrogen) atoms. The predicted octanol–water partition coefficient (Wildman–Crippen LogP) is 2.28. The van der Waals surface area contributed by atoms with Gasteiger partial charge in [0.1, 0.15) is 13.2 Å². The molecule has 1 aromatic carbocycles. The molecule has 1 aliphatic heterocycles. The first-order valence-electron chi connectivity index (χ1n) is 6.16. The van der Waals surface area contributed by atoms with Gasteiger partial charge in [0.2, 0.25) is 0 Å². The van der Waals surface area contributed by atoms with Crippen LogP contribution >= 0.6 is 0 Å². The van der Waals surface area contributed by atoms with Gasteiger partial charge in [-0.1, -0.05) is 6.07 Å². The highest BCUT2D eigenvalue weighted by atomic mass is 16.6. The highest BCUT2D eigenvalue weighted by Crippen LogP contribution is 2.31. The van der Waals surface area contributed by atoms with E-state index in [0.717, 1.165) is 5.69 Å². The number of aromatic nitrogens is 1. The molecule has 0 amide bonds. The van der Waals surface area contributed by atoms with Crippen molar-refractivity contribution in [2.24, 2.45) is 0 Å². The predicted molar refractivity (Wildman–Crippen MR) is 69.7 cm³/mol. The fourth-order valence-corrected chi connectivity index (χ4v) is 1.99. The number of rotatable bonds is 3. The Morgan fingerprint density at radius 2 is 1.95 bits per heavy atom. The van der Waals surface area contributed by atoms with Crippen molar-refractivity contribution >= 4 is 5.78 Å². The van der Waals surface area contributed by atoms with Gasteiger partial charge in [-0.05, 0) is 30.3 Å². The van der Waals surface area contributed by atoms with Gasteiger partial charge in [0.05, 0.1) is 6.42 Å². The fourth-order valence-electron chi connectivity index (χ4n) is 1.99. The minimum absolute atomic E-state index is 0.0238. The summed E-state index contributed by atoms with van der Waals surface area (Å²) in [7, 11) is 0. The first kappa shape index (κ1) is 11.7. The molecule has 96 valence electrons. The summed E-state index contributed by atoms with van der Waals surface area (Å²) in [6.07, 6.45) is 1.98. The highest BCUT2D eigenvalue weighted by Gasteiger charge is 2.15. The van der Waals surface area contributed by atoms with E-state index in [0.29, 0.717) is 36.7 Å². The van der Waals surface area contributed by atoms with Crippen molar-refractivity contribution < 1.29 is 14.3 Å². The molecule has 0 unspecified atom stereocenters. The summed E-state index contributed by atoms with van der Waals surface area (Å²) < 4.78 is 10.9. The number of benzene rings is 1. The Morgan fingerprint density at radius 1 is 1.11 bits per heavy atom. The third-order valence-corrected chi connectivity index (χ3v) is 2.93. The van der Waals surface area contributed by atoms with Crippen LogP contribution in [-0.4, -0.2) is 24.0 Å². The number of nitrogens with zero attached hydrogens (tertiary/aromatic N) is 1. The normalized spacial score (nSPS) is 13.1. The Labute approximate surface area is 111 Å². The Bertz CT molecular complexity index is 596. The molecule has 0 aliphatic carbocycles. The van der Waals surface area contributed by atoms with Gasteiger partial charge in [-0.3, -0.25) is 9.78 Å². The summed E-state index contributed by atoms with van der Waals surface area (Å²) in [6.45, 7) is 1.07. The van der Waals surface area contributed by atoms with Gasteiger partial charge < -0.3 is 9.47 Å². The van der Waals surface area contributed by atoms with Crippen LogP contribution in [0, 0.1) is 0 Å². The number of hydrogen-bond acceptors (Lipinski definition) is 4. The standard InChI is InChI=1S/C15H13NO3/c17-13(10-12-3-1-2-6-16-12)11-4-5-14-15(9-11)19-8-7-18-14/h1-6,9H,7-8,10H2. The molecule has 0 spiro atoms. The van der Waals surface area contributed by atoms with E-state index in [1.54, 1.807) is 24.4 Å². The SMILES string of the molecule is O=C(Cc1ccccn1)c1ccc2c(c1)OCCO2. The van der Waals surface area contributed by atoms with Gasteiger partial charge in [-0.2, -0.15) is 0 Å². The Kier molecular flexibility index (Phi) is 3.14. The molecule has 0 atom stereocenters. The van der Waals surface area contributed by atoms with Crippen LogP contribution in [0.1, 0.15) is 16.1 Å². The smallest absolute Gasteiger partial charge is 0.168 e. The van der Waals surface area contributed by atoms with Gasteiger partial charge in [0.25, 0.3) is 0 Å². The highest BCUT2D eigenvalue weighted by molar-refractivity contribution is 5.97. The molecule has 3 rings (SSSR count). The first-order valence-corrected chi connectivity index (χ1v) is 6.16. The van der Waals surface area contributed by atoms with E-state index >= 15 is 0 Å². The van der Waals surface area contributed by atoms with E-state index in [2.05, 4.69) is 4.98 Å². The average Bonchev–Trinajstić information content (AvgIpc) is 2.48. The number of Topliss-reactive ketones (excluding diaryl/α,β-unsaturated/α-hetero) is 1. The number of carbonyl (C=O) groups excluding carboxylic acids is 1. The molecule has 0 bridgehead atoms. The third-order valence-electron chi connectivity index (χ3n) is 2.93. The Morgan fingerprint density at radius 3 is 2.74 bits per heavy atom. The van der Waals surface area contributed by atoms with E-state index in [-0.39, 0.29) is 5.78 Å². The van der Waals surface area contributed by atoms with Crippen LogP contribution in [0.15, 0.2) is 42.6 Å². The van der Waals surface area contributed by atoms with Gasteiger partial charge in [-0.25, -0.2) is 0 Å². The first-order chi connectivity index (χ1) is 9.33. The molecule has 0 radical (unpaired) electrons. The lowest BCUT2D eigenvalue weighted by atomic mass is 10.1. The number of hydrogen-bond donors (Lipinski definition) is 0. The molecule has 0 N–H and O–H groups in total. The molecule has 1 aliphatic rings. The average molecular weight is 255 g/mol. The van der Waals surface area contributed by atoms with Crippen molar-refractivity contribution in [3.63, 3.8) is 0 Å². The molecular weight excluding hydrogens is 242 g/mol. The maximum absolute atomic E-state index is 12.2. The number of carbonyl (C=O) groups is 1. The third kappa shape index (κ3) is 2.57. The summed E-state index contributed by atoms with van der Waals surface area (Å²) in [5.74, 6) is 1.36. The molecule has 0 fully saturated rings. The van der Waals surface area contributed by atoms with E-state index in [4.69, 9.17) is 9.47 Å². The quantitative estimate of drug-likeness (QED) is 0.789. The zero-order chi connectivity index (χ0) is 13.1. The number of pyridine rings is 1. The maximum Gasteiger partial charge on any atom is 0.168 e. The summed E-state index contributed by atoms with van der Waals surface area (Å²) in [4.78, 5) is 16.3. The summed E-state index contributed by atoms with van der Waals surface area (Å²) >= 11 is 0. The van der Waals surface area contributed by atoms with Crippen molar-refractivity contribution in [1.29, 1.82) is 0 Å². The molecular formula is C15H13NO3. The Hall–Kier alpha value is -2.36. The van der Waals surface area contributed by atoms with Gasteiger partial charge in [0, 0.05) is 17.5 Å². The largest absolute Gasteiger partial charge is 0.486 e. The Balaban J connectivity index is 1.80. The van der Waals surface area contributed by atoms with Crippen LogP contribution < -0.4 is 9.47 Å². The zero-order valence-electron chi connectivity index (χ0n) is 10.3. The van der Waals surface area contributed by atoms with Crippen molar-refractivity contribution in [3.8, 4) is 11.5 Å². The van der Waals surface area contributed by atoms with E-state index in [9.17, 15) is 4.79 Å². The van der Waals surface area contributed by atoms with Gasteiger partial charge >= 0.3 is 0 Å². The molecule has 4 nitrogen and oxygen atoms in total. The zero-order valence-corrected chi connectivity index (χ0v) is 10.3. The fraction of sp³-hybridized carbons (Fsp3) is 0.200. The maximum atomic E-state index is 12.2. The summed E-state index contributed by atoms with van der Waals surface area (Å²) in [6, 6.07) is 10.8. The van der Waals surface area contributed by atoms with Gasteiger partial charge in [0.15, 0.2) is 17.3 Å². The van der Waals surface area contributed by atoms with Crippen LogP contribution in [0.3, 0.4) is 0 Å². The van der Waals surface area contributed by atoms with E-state index in [1.165, 1.54) is 0 Å². The molecule has 2 heterocycles. The lowest BCUT2D eigenvalue weighted by molar-refractivity contribution is 0.0990. The second-order valence-electron chi connectivity index (χ2n) is 4.28. The van der Waals surface area contributed by atoms with Crippen LogP contribution in [-0.2, 0) is 6.42 Å². The van der Waals surface area contributed by atoms with Crippen LogP contribution in [0.4, 0.5) is 0 Å². The van der Waals surface area contributed by atoms with Crippen molar-refractivity contribution in [2.45, 2.75) is 6.42 Å². The van der Waals surface area contributed by atoms with Crippen LogP contribution in [0.5, 0.6) is 11.5 Å². The minimum atomic E-state index is 0.0238. The second-order valence-corrected chi connectivity index (χ2v) is 4.28. The molecule has 0 saturated carbocycles. The molecule has 2 aromatic rings. The summed E-state index contributed by atoms with van der Waals surface area (Å²) in [5, 5.41) is 0. The number of fused-ring (bicyclic) bond motifs is 1. The van der Waals surface area contributed by atoms with Crippen molar-refractivity contribution in [2.75, 3.05) is 13.2 Å². The number of ether oxygens (including phenoxy) is 2. The van der Waals surface area contributed by atoms with Crippen molar-refractivity contribution in [1.82, 2.24) is 4.98 Å². The number of ketones is 1. The lowest BCUT2D eigenvalue weighted by Gasteiger charge is -2.18. The molecule has 4 heteroatoms. The molecule has 0 saturated heterocycles. The van der Waals surface area contributed by atoms with Crippen LogP contribution in [0.2, 0.25) is 0 Å². The van der Waals surface area contributed by atoms with Crippen molar-refractivity contribution in [3.05, 3.63) is 53.9 Å².